The number of nitrogens with one attached hydrogen (secondary N) is 1. The second-order valence-corrected chi connectivity index (χ2v) is 18.8. The van der Waals surface area contributed by atoms with Gasteiger partial charge >= 0.3 is 19.5 Å². The first-order chi connectivity index (χ1) is 33.0. The van der Waals surface area contributed by atoms with Crippen molar-refractivity contribution in [1.82, 2.24) is 50.3 Å². The molecule has 2 aromatic carbocycles. The smallest absolute Gasteiger partial charge is 0.353 e. The Labute approximate surface area is 409 Å². The maximum absolute atomic E-state index is 13.5. The van der Waals surface area contributed by atoms with E-state index >= 15 is 0 Å². The van der Waals surface area contributed by atoms with Gasteiger partial charge in [0.25, 0.3) is 7.52 Å². The van der Waals surface area contributed by atoms with Gasteiger partial charge in [0.15, 0.2) is 22.3 Å². The molecule has 0 radical (unpaired) electrons. The van der Waals surface area contributed by atoms with Gasteiger partial charge in [-0.2, -0.15) is 19.9 Å². The Balaban J connectivity index is 0.000000322. The SMILES string of the molecule is CCOC(=O)[C@@H](C)Cl.CCOC(=O)[C@@H](C)NP(=O)(COCCn1cnc2c(OC)nc(N)nc21)OCc1ccccc1.COc1nc(N)nc2c1ncn2CCOCP(=O)(O)OCc1ccccc1.N. The number of imidazole rings is 2. The van der Waals surface area contributed by atoms with Crippen molar-refractivity contribution >= 4 is 72.9 Å². The van der Waals surface area contributed by atoms with Crippen molar-refractivity contribution in [1.29, 1.82) is 0 Å². The Bertz CT molecular complexity index is 2630. The molecule has 0 saturated heterocycles. The molecule has 2 unspecified atom stereocenters. The normalized spacial score (nSPS) is 13.5. The molecule has 28 heteroatoms. The highest BCUT2D eigenvalue weighted by Crippen LogP contribution is 2.44. The number of anilines is 2. The van der Waals surface area contributed by atoms with Crippen molar-refractivity contribution in [2.45, 2.75) is 65.4 Å². The zero-order valence-corrected chi connectivity index (χ0v) is 42.3. The molecule has 70 heavy (non-hydrogen) atoms. The van der Waals surface area contributed by atoms with Crippen molar-refractivity contribution in [2.24, 2.45) is 0 Å². The van der Waals surface area contributed by atoms with E-state index in [0.29, 0.717) is 42.0 Å². The van der Waals surface area contributed by atoms with Crippen LogP contribution < -0.4 is 32.2 Å². The summed E-state index contributed by atoms with van der Waals surface area (Å²) in [6.07, 6.45) is 2.45. The minimum absolute atomic E-state index is 0. The monoisotopic (exact) mass is 1040 g/mol. The molecule has 0 spiro atoms. The maximum Gasteiger partial charge on any atom is 0.353 e. The molecule has 384 valence electrons. The minimum Gasteiger partial charge on any atom is -0.479 e. The van der Waals surface area contributed by atoms with Crippen LogP contribution in [-0.4, -0.2) is 121 Å². The van der Waals surface area contributed by atoms with E-state index in [0.717, 1.165) is 11.1 Å². The number of fused-ring (bicyclic) bond motifs is 2. The highest BCUT2D eigenvalue weighted by Gasteiger charge is 2.30. The number of nitrogen functional groups attached to an aromatic ring is 2. The molecule has 0 aliphatic rings. The van der Waals surface area contributed by atoms with E-state index in [2.05, 4.69) is 39.7 Å². The van der Waals surface area contributed by atoms with Gasteiger partial charge in [-0.1, -0.05) is 60.7 Å². The van der Waals surface area contributed by atoms with Crippen molar-refractivity contribution < 1.29 is 61.1 Å². The minimum atomic E-state index is -3.85. The summed E-state index contributed by atoms with van der Waals surface area (Å²) in [6, 6.07) is 17.6. The first kappa shape index (κ1) is 58.5. The summed E-state index contributed by atoms with van der Waals surface area (Å²) >= 11 is 5.33. The van der Waals surface area contributed by atoms with Crippen molar-refractivity contribution in [3.05, 3.63) is 84.4 Å². The van der Waals surface area contributed by atoms with E-state index < -0.39 is 38.9 Å². The fourth-order valence-electron chi connectivity index (χ4n) is 5.70. The van der Waals surface area contributed by atoms with Crippen LogP contribution in [0.5, 0.6) is 11.8 Å². The number of aromatic nitrogens is 8. The van der Waals surface area contributed by atoms with Crippen LogP contribution >= 0.6 is 26.7 Å². The van der Waals surface area contributed by atoms with E-state index in [9.17, 15) is 23.6 Å². The second kappa shape index (κ2) is 29.4. The zero-order valence-electron chi connectivity index (χ0n) is 39.7. The first-order valence-electron chi connectivity index (χ1n) is 21.2. The summed E-state index contributed by atoms with van der Waals surface area (Å²) in [4.78, 5) is 57.0. The summed E-state index contributed by atoms with van der Waals surface area (Å²) in [5, 5.41) is 2.24. The Hall–Kier alpha value is -5.85. The van der Waals surface area contributed by atoms with Gasteiger partial charge in [0.05, 0.1) is 66.5 Å². The third kappa shape index (κ3) is 18.8. The van der Waals surface area contributed by atoms with Crippen LogP contribution in [0.3, 0.4) is 0 Å². The van der Waals surface area contributed by atoms with Crippen molar-refractivity contribution in [3.8, 4) is 11.8 Å². The Kier molecular flexibility index (Phi) is 24.5. The number of rotatable bonds is 24. The standard InChI is InChI=1S/C21H29N6O6P.C16H20N5O5P.C5H9ClO2.H3N/c1-4-32-20(28)15(2)26-34(29,33-12-16-8-6-5-7-9-16)14-31-11-10-27-13-23-17-18(27)24-21(22)25-19(17)30-3;1-24-15-13-14(19-16(17)20-15)21(10-18-13)7-8-25-11-27(22,23)26-9-12-5-3-2-4-6-12;1-3-8-5(7)4(2)6;/h5-9,13,15H,4,10-12,14H2,1-3H3,(H,26,29)(H2,22,24,25);2-6,10H,7-9,11H2,1H3,(H,22,23)(H2,17,19,20);4H,3H2,1-2H3;1H3/t15-,34?;;4-;/m1.1./s1. The number of ether oxygens (including phenoxy) is 6. The molecule has 6 rings (SSSR count). The Morgan fingerprint density at radius 1 is 0.714 bits per heavy atom. The average molecular weight is 1040 g/mol. The summed E-state index contributed by atoms with van der Waals surface area (Å²) in [6.45, 7) is 8.38. The van der Waals surface area contributed by atoms with Gasteiger partial charge in [-0.15, -0.1) is 11.6 Å². The van der Waals surface area contributed by atoms with Crippen LogP contribution in [0.2, 0.25) is 0 Å². The molecule has 25 nitrogen and oxygen atoms in total. The number of nitrogens with zero attached hydrogens (tertiary/aromatic N) is 8. The molecule has 9 N–H and O–H groups in total. The number of esters is 2. The number of halogens is 1. The van der Waals surface area contributed by atoms with E-state index in [1.807, 2.05) is 60.7 Å². The molecule has 4 aromatic heterocycles. The maximum atomic E-state index is 13.5. The van der Waals surface area contributed by atoms with Crippen LogP contribution in [0, 0.1) is 0 Å². The van der Waals surface area contributed by atoms with Crippen LogP contribution in [0.15, 0.2) is 73.3 Å². The quantitative estimate of drug-likeness (QED) is 0.0217. The molecule has 0 aliphatic carbocycles. The third-order valence-electron chi connectivity index (χ3n) is 8.95. The first-order valence-corrected chi connectivity index (χ1v) is 25.3. The van der Waals surface area contributed by atoms with Gasteiger partial charge in [-0.05, 0) is 38.8 Å². The number of alkyl halides is 1. The van der Waals surface area contributed by atoms with Crippen molar-refractivity contribution in [2.75, 3.05) is 64.8 Å². The molecule has 6 aromatic rings. The van der Waals surface area contributed by atoms with Gasteiger partial charge in [0.1, 0.15) is 24.1 Å². The highest BCUT2D eigenvalue weighted by molar-refractivity contribution is 7.56. The van der Waals surface area contributed by atoms with Crippen LogP contribution in [0.4, 0.5) is 11.9 Å². The van der Waals surface area contributed by atoms with Crippen LogP contribution in [0.1, 0.15) is 38.8 Å². The molecule has 4 heterocycles. The zero-order chi connectivity index (χ0) is 50.4. The molecule has 0 bridgehead atoms. The Morgan fingerprint density at radius 2 is 1.16 bits per heavy atom. The second-order valence-electron chi connectivity index (χ2n) is 14.3. The highest BCUT2D eigenvalue weighted by atomic mass is 35.5. The predicted octanol–water partition coefficient (Wildman–Crippen LogP) is 5.47. The van der Waals surface area contributed by atoms with Crippen LogP contribution in [0.25, 0.3) is 22.3 Å². The number of methoxy groups -OCH3 is 2. The molecule has 0 amide bonds. The number of hydrogen-bond acceptors (Lipinski definition) is 21. The van der Waals surface area contributed by atoms with Crippen LogP contribution in [-0.2, 0) is 73.0 Å². The van der Waals surface area contributed by atoms with Crippen molar-refractivity contribution in [3.63, 3.8) is 0 Å². The summed E-state index contributed by atoms with van der Waals surface area (Å²) < 4.78 is 70.5. The van der Waals surface area contributed by atoms with Gasteiger partial charge in [-0.25, -0.2) is 15.1 Å². The van der Waals surface area contributed by atoms with Gasteiger partial charge < -0.3 is 69.1 Å². The number of nitrogens with two attached hydrogens (primary N) is 2. The summed E-state index contributed by atoms with van der Waals surface area (Å²) in [5.74, 6) is -0.194. The van der Waals surface area contributed by atoms with Gasteiger partial charge in [0, 0.05) is 13.1 Å². The number of carbonyl (C=O) groups excluding carboxylic acids is 2. The fraction of sp³-hybridized carbons (Fsp3) is 0.429. The summed E-state index contributed by atoms with van der Waals surface area (Å²) in [5.41, 5.74) is 15.0. The lowest BCUT2D eigenvalue weighted by Gasteiger charge is -2.23. The number of benzene rings is 2. The molecule has 0 saturated carbocycles. The summed E-state index contributed by atoms with van der Waals surface area (Å²) in [7, 11) is -4.46. The molecule has 4 atom stereocenters. The fourth-order valence-corrected chi connectivity index (χ4v) is 8.19. The lowest BCUT2D eigenvalue weighted by atomic mass is 10.2. The predicted molar refractivity (Wildman–Crippen MR) is 260 cm³/mol. The lowest BCUT2D eigenvalue weighted by Crippen LogP contribution is -2.34. The molecular formula is C42H61ClN12O13P2. The van der Waals surface area contributed by atoms with Gasteiger partial charge in [-0.3, -0.25) is 18.7 Å². The third-order valence-corrected chi connectivity index (χ3v) is 12.0. The molecule has 0 fully saturated rings. The van der Waals surface area contributed by atoms with E-state index in [1.54, 1.807) is 49.5 Å². The largest absolute Gasteiger partial charge is 0.479 e. The number of hydrogen-bond donors (Lipinski definition) is 5. The average Bonchev–Trinajstić information content (AvgIpc) is 3.94. The molecular weight excluding hydrogens is 978 g/mol. The number of carbonyl (C=O) groups is 2. The lowest BCUT2D eigenvalue weighted by molar-refractivity contribution is -0.145. The van der Waals surface area contributed by atoms with E-state index in [1.165, 1.54) is 14.2 Å². The van der Waals surface area contributed by atoms with E-state index in [-0.39, 0.29) is 75.2 Å². The van der Waals surface area contributed by atoms with E-state index in [4.69, 9.17) is 55.8 Å². The molecule has 0 aliphatic heterocycles. The Morgan fingerprint density at radius 3 is 1.59 bits per heavy atom. The topological polar surface area (TPSA) is 349 Å². The van der Waals surface area contributed by atoms with Gasteiger partial charge in [0.2, 0.25) is 23.7 Å².